The number of nitrogens with one attached hydrogen (secondary N) is 3. The number of benzene rings is 2. The van der Waals surface area contributed by atoms with Crippen LogP contribution >= 0.6 is 11.9 Å². The van der Waals surface area contributed by atoms with Crippen LogP contribution in [0.4, 0.5) is 24.5 Å². The summed E-state index contributed by atoms with van der Waals surface area (Å²) in [6.45, 7) is 2.01. The van der Waals surface area contributed by atoms with Gasteiger partial charge in [-0.15, -0.1) is 0 Å². The lowest BCUT2D eigenvalue weighted by atomic mass is 10.0. The van der Waals surface area contributed by atoms with Crippen LogP contribution in [0.15, 0.2) is 47.4 Å². The number of carbonyl (C=O) groups excluding carboxylic acids is 1. The maximum Gasteiger partial charge on any atom is 0.406 e. The van der Waals surface area contributed by atoms with Crippen molar-refractivity contribution in [2.75, 3.05) is 64.7 Å². The number of likely N-dealkylation sites (tertiary alicyclic amines) is 1. The van der Waals surface area contributed by atoms with E-state index in [1.165, 1.54) is 16.5 Å². The van der Waals surface area contributed by atoms with Crippen LogP contribution < -0.4 is 20.1 Å². The first-order valence-electron chi connectivity index (χ1n) is 14.2. The molecule has 0 radical (unpaired) electrons. The molecule has 1 unspecified atom stereocenters. The van der Waals surface area contributed by atoms with Crippen LogP contribution in [-0.4, -0.2) is 88.3 Å². The molecule has 44 heavy (non-hydrogen) atoms. The van der Waals surface area contributed by atoms with Crippen LogP contribution in [0.25, 0.3) is 10.9 Å². The second kappa shape index (κ2) is 15.9. The molecule has 1 saturated heterocycles. The van der Waals surface area contributed by atoms with Gasteiger partial charge in [-0.3, -0.25) is 14.4 Å². The minimum absolute atomic E-state index is 0.141. The number of ether oxygens (including phenoxy) is 3. The van der Waals surface area contributed by atoms with Gasteiger partial charge in [0.25, 0.3) is 6.47 Å². The normalized spacial score (nSPS) is 15.0. The number of fused-ring (bicyclic) bond motifs is 1. The molecule has 9 nitrogen and oxygen atoms in total. The van der Waals surface area contributed by atoms with Crippen molar-refractivity contribution in [3.05, 3.63) is 48.2 Å². The van der Waals surface area contributed by atoms with E-state index >= 15 is 0 Å². The van der Waals surface area contributed by atoms with E-state index in [-0.39, 0.29) is 24.4 Å². The van der Waals surface area contributed by atoms with Gasteiger partial charge >= 0.3 is 6.18 Å². The lowest BCUT2D eigenvalue weighted by molar-refractivity contribution is -0.140. The summed E-state index contributed by atoms with van der Waals surface area (Å²) < 4.78 is 60.9. The molecule has 3 aromatic rings. The lowest BCUT2D eigenvalue weighted by Gasteiger charge is -2.34. The van der Waals surface area contributed by atoms with E-state index in [1.54, 1.807) is 32.4 Å². The third-order valence-corrected chi connectivity index (χ3v) is 7.96. The second-order valence-corrected chi connectivity index (χ2v) is 11.4. The van der Waals surface area contributed by atoms with Crippen LogP contribution in [0.5, 0.6) is 5.75 Å². The van der Waals surface area contributed by atoms with Gasteiger partial charge in [-0.05, 0) is 74.2 Å². The Morgan fingerprint density at radius 1 is 1.14 bits per heavy atom. The molecule has 0 spiro atoms. The van der Waals surface area contributed by atoms with E-state index in [1.807, 2.05) is 31.3 Å². The van der Waals surface area contributed by atoms with Crippen LogP contribution in [0.3, 0.4) is 0 Å². The van der Waals surface area contributed by atoms with Crippen molar-refractivity contribution in [2.24, 2.45) is 0 Å². The number of hydrogen-bond donors (Lipinski definition) is 3. The summed E-state index contributed by atoms with van der Waals surface area (Å²) in [7, 11) is 4.97. The number of rotatable bonds is 14. The molecule has 1 aliphatic rings. The predicted octanol–water partition coefficient (Wildman–Crippen LogP) is 4.97. The monoisotopic (exact) mass is 633 g/mol. The zero-order chi connectivity index (χ0) is 31.5. The molecule has 0 amide bonds. The highest BCUT2D eigenvalue weighted by molar-refractivity contribution is 7.97. The Balaban J connectivity index is 1.48. The van der Waals surface area contributed by atoms with E-state index in [0.717, 1.165) is 42.2 Å². The van der Waals surface area contributed by atoms with Gasteiger partial charge in [0.05, 0.1) is 37.2 Å². The number of anilines is 2. The third kappa shape index (κ3) is 9.22. The summed E-state index contributed by atoms with van der Waals surface area (Å²) in [5.74, 6) is 6.58. The second-order valence-electron chi connectivity index (χ2n) is 10.3. The molecule has 2 heterocycles. The summed E-state index contributed by atoms with van der Waals surface area (Å²) in [6.07, 6.45) is -3.08. The summed E-state index contributed by atoms with van der Waals surface area (Å²) in [5, 5.41) is 7.43. The number of carbonyl (C=O) groups is 1. The van der Waals surface area contributed by atoms with Crippen molar-refractivity contribution in [1.82, 2.24) is 14.2 Å². The molecular weight excluding hydrogens is 595 g/mol. The number of aromatic nitrogens is 1. The molecule has 4 rings (SSSR count). The van der Waals surface area contributed by atoms with Gasteiger partial charge in [0.2, 0.25) is 0 Å². The Kier molecular flexibility index (Phi) is 12.1. The zero-order valence-electron chi connectivity index (χ0n) is 25.0. The molecule has 2 aromatic carbocycles. The summed E-state index contributed by atoms with van der Waals surface area (Å²) >= 11 is 1.46. The first kappa shape index (κ1) is 33.3. The summed E-state index contributed by atoms with van der Waals surface area (Å²) in [4.78, 5) is 14.0. The number of piperidine rings is 1. The fourth-order valence-electron chi connectivity index (χ4n) is 5.30. The molecule has 1 aromatic heterocycles. The number of halogens is 3. The molecule has 1 aliphatic heterocycles. The van der Waals surface area contributed by atoms with Crippen LogP contribution in [0, 0.1) is 11.8 Å². The highest BCUT2D eigenvalue weighted by Crippen LogP contribution is 2.32. The van der Waals surface area contributed by atoms with Crippen molar-refractivity contribution in [1.29, 1.82) is 0 Å². The fourth-order valence-corrected chi connectivity index (χ4v) is 5.84. The lowest BCUT2D eigenvalue weighted by Crippen LogP contribution is -2.44. The molecule has 0 aliphatic carbocycles. The highest BCUT2D eigenvalue weighted by atomic mass is 32.2. The average Bonchev–Trinajstić information content (AvgIpc) is 3.33. The van der Waals surface area contributed by atoms with Crippen molar-refractivity contribution in [2.45, 2.75) is 42.6 Å². The van der Waals surface area contributed by atoms with Gasteiger partial charge in [-0.2, -0.15) is 13.2 Å². The molecule has 3 N–H and O–H groups in total. The fraction of sp³-hybridized carbons (Fsp3) is 0.452. The van der Waals surface area contributed by atoms with E-state index in [4.69, 9.17) is 14.2 Å². The number of hydrogen-bond acceptors (Lipinski definition) is 9. The minimum atomic E-state index is -4.41. The van der Waals surface area contributed by atoms with Gasteiger partial charge in [0.1, 0.15) is 18.4 Å². The highest BCUT2D eigenvalue weighted by Gasteiger charge is 2.30. The van der Waals surface area contributed by atoms with Gasteiger partial charge in [-0.25, -0.2) is 0 Å². The number of nitrogens with zero attached hydrogens (tertiary/aromatic N) is 2. The quantitative estimate of drug-likeness (QED) is 0.129. The average molecular weight is 634 g/mol. The molecule has 0 saturated carbocycles. The van der Waals surface area contributed by atoms with Gasteiger partial charge in [0, 0.05) is 48.8 Å². The topological polar surface area (TPSA) is 89.0 Å². The van der Waals surface area contributed by atoms with Gasteiger partial charge in [0.15, 0.2) is 0 Å². The van der Waals surface area contributed by atoms with Gasteiger partial charge in [-0.1, -0.05) is 12.0 Å². The standard InChI is InChI=1S/C31H38F3N5O4S/c1-35-44-25-9-10-28(30(17-25)42-3)36-13-5-6-23-16-26-27(7-4-8-29(26)39(23)20-31(32,33)34)37-22-11-14-38(15-12-22)18-24(19-41-2)43-21-40/h4,7-10,16-17,21-22,24,35-37H,11-15,18-20H2,1-3H3. The smallest absolute Gasteiger partial charge is 0.406 e. The zero-order valence-corrected chi connectivity index (χ0v) is 25.8. The van der Waals surface area contributed by atoms with Gasteiger partial charge < -0.3 is 29.4 Å². The molecule has 13 heteroatoms. The van der Waals surface area contributed by atoms with E-state index in [0.29, 0.717) is 36.3 Å². The third-order valence-electron chi connectivity index (χ3n) is 7.27. The van der Waals surface area contributed by atoms with E-state index in [2.05, 4.69) is 32.1 Å². The number of alkyl halides is 3. The first-order chi connectivity index (χ1) is 21.2. The predicted molar refractivity (Wildman–Crippen MR) is 167 cm³/mol. The Hall–Kier alpha value is -3.57. The minimum Gasteiger partial charge on any atom is -0.495 e. The SMILES string of the molecule is CNSc1ccc(NCC#Cc2cc3c(NC4CCN(CC(COC)OC=O)CC4)cccc3n2CC(F)(F)F)c(OC)c1. The maximum atomic E-state index is 13.6. The Labute approximate surface area is 259 Å². The largest absolute Gasteiger partial charge is 0.495 e. The molecular formula is C31H38F3N5O4S. The van der Waals surface area contributed by atoms with Crippen molar-refractivity contribution in [3.63, 3.8) is 0 Å². The van der Waals surface area contributed by atoms with Crippen LogP contribution in [-0.2, 0) is 20.8 Å². The van der Waals surface area contributed by atoms with Crippen LogP contribution in [0.2, 0.25) is 0 Å². The Bertz CT molecular complexity index is 1450. The molecule has 0 bridgehead atoms. The maximum absolute atomic E-state index is 13.6. The van der Waals surface area contributed by atoms with Crippen molar-refractivity contribution >= 4 is 40.7 Å². The Morgan fingerprint density at radius 2 is 1.93 bits per heavy atom. The van der Waals surface area contributed by atoms with Crippen molar-refractivity contribution < 1.29 is 32.2 Å². The summed E-state index contributed by atoms with van der Waals surface area (Å²) in [6, 6.07) is 12.9. The molecule has 1 fully saturated rings. The molecule has 238 valence electrons. The van der Waals surface area contributed by atoms with E-state index in [9.17, 15) is 18.0 Å². The first-order valence-corrected chi connectivity index (χ1v) is 15.1. The summed E-state index contributed by atoms with van der Waals surface area (Å²) in [5.41, 5.74) is 2.26. The molecule has 1 atom stereocenters. The van der Waals surface area contributed by atoms with Crippen LogP contribution in [0.1, 0.15) is 18.5 Å². The van der Waals surface area contributed by atoms with E-state index < -0.39 is 12.7 Å². The number of methoxy groups -OCH3 is 2. The van der Waals surface area contributed by atoms with Crippen molar-refractivity contribution in [3.8, 4) is 17.6 Å². The Morgan fingerprint density at radius 3 is 2.61 bits per heavy atom.